The summed E-state index contributed by atoms with van der Waals surface area (Å²) in [6, 6.07) is 57.9. The van der Waals surface area contributed by atoms with Gasteiger partial charge in [0.1, 0.15) is 22.3 Å². The first-order valence-corrected chi connectivity index (χ1v) is 21.6. The fourth-order valence-electron chi connectivity index (χ4n) is 11.0. The Balaban J connectivity index is 1.02. The maximum Gasteiger partial charge on any atom is 0.143 e. The summed E-state index contributed by atoms with van der Waals surface area (Å²) in [5.74, 6) is 0. The summed E-state index contributed by atoms with van der Waals surface area (Å²) >= 11 is 0. The molecule has 0 bridgehead atoms. The molecule has 2 aliphatic carbocycles. The monoisotopic (exact) mass is 789 g/mol. The standard InChI is InChI=1S/C58H47NO2/c1-56(2,3)47-19-13-21-51-52(47)45-31-30-43-41-29-27-37(33-49(41)58(6,7)53(43)55(45)61-51)59(36-26-28-40-39-14-8-10-18-46(39)57(4,5)48(40)32-36)35-24-22-34(23-25-35)38-16-12-17-44-42-15-9-11-20-50(42)60-54(38)44/h8-33H,1-7H3. The molecule has 10 aromatic rings. The summed E-state index contributed by atoms with van der Waals surface area (Å²) in [5.41, 5.74) is 20.7. The van der Waals surface area contributed by atoms with E-state index in [1.165, 1.54) is 60.8 Å². The van der Waals surface area contributed by atoms with Gasteiger partial charge in [-0.15, -0.1) is 0 Å². The highest BCUT2D eigenvalue weighted by Gasteiger charge is 2.40. The molecule has 61 heavy (non-hydrogen) atoms. The first-order valence-electron chi connectivity index (χ1n) is 21.6. The van der Waals surface area contributed by atoms with Gasteiger partial charge in [-0.3, -0.25) is 0 Å². The molecule has 12 rings (SSSR count). The summed E-state index contributed by atoms with van der Waals surface area (Å²) in [6.45, 7) is 16.3. The van der Waals surface area contributed by atoms with Crippen molar-refractivity contribution in [3.63, 3.8) is 0 Å². The fourth-order valence-corrected chi connectivity index (χ4v) is 11.0. The van der Waals surface area contributed by atoms with E-state index in [1.54, 1.807) is 0 Å². The third kappa shape index (κ3) is 5.04. The molecule has 0 aliphatic heterocycles. The van der Waals surface area contributed by atoms with Crippen LogP contribution in [0.3, 0.4) is 0 Å². The Kier molecular flexibility index (Phi) is 7.31. The number of rotatable bonds is 4. The molecule has 0 amide bonds. The molecule has 2 aromatic heterocycles. The van der Waals surface area contributed by atoms with Crippen molar-refractivity contribution in [3.05, 3.63) is 186 Å². The molecule has 0 fully saturated rings. The lowest BCUT2D eigenvalue weighted by atomic mass is 9.80. The van der Waals surface area contributed by atoms with Crippen molar-refractivity contribution in [2.24, 2.45) is 0 Å². The average Bonchev–Trinajstić information content (AvgIpc) is 3.96. The molecule has 3 nitrogen and oxygen atoms in total. The third-order valence-corrected chi connectivity index (χ3v) is 14.0. The van der Waals surface area contributed by atoms with Gasteiger partial charge in [-0.05, 0) is 110 Å². The van der Waals surface area contributed by atoms with Crippen LogP contribution in [-0.2, 0) is 16.2 Å². The van der Waals surface area contributed by atoms with Crippen LogP contribution >= 0.6 is 0 Å². The Morgan fingerprint density at radius 2 is 1.00 bits per heavy atom. The molecule has 8 aromatic carbocycles. The third-order valence-electron chi connectivity index (χ3n) is 14.0. The number of fused-ring (bicyclic) bond motifs is 13. The maximum atomic E-state index is 6.88. The highest BCUT2D eigenvalue weighted by molar-refractivity contribution is 6.11. The minimum Gasteiger partial charge on any atom is -0.456 e. The van der Waals surface area contributed by atoms with Crippen molar-refractivity contribution in [2.75, 3.05) is 4.90 Å². The van der Waals surface area contributed by atoms with Gasteiger partial charge in [0.2, 0.25) is 0 Å². The second-order valence-electron chi connectivity index (χ2n) is 19.3. The van der Waals surface area contributed by atoms with Crippen LogP contribution in [0.25, 0.3) is 77.3 Å². The van der Waals surface area contributed by atoms with Gasteiger partial charge >= 0.3 is 0 Å². The van der Waals surface area contributed by atoms with Crippen LogP contribution in [0.5, 0.6) is 0 Å². The van der Waals surface area contributed by atoms with Crippen LogP contribution < -0.4 is 4.90 Å². The number of hydrogen-bond donors (Lipinski definition) is 0. The molecule has 0 radical (unpaired) electrons. The Morgan fingerprint density at radius 1 is 0.426 bits per heavy atom. The topological polar surface area (TPSA) is 29.5 Å². The van der Waals surface area contributed by atoms with E-state index < -0.39 is 0 Å². The van der Waals surface area contributed by atoms with Crippen LogP contribution in [0, 0.1) is 0 Å². The lowest BCUT2D eigenvalue weighted by Gasteiger charge is -2.30. The second kappa shape index (κ2) is 12.4. The summed E-state index contributed by atoms with van der Waals surface area (Å²) in [4.78, 5) is 2.44. The van der Waals surface area contributed by atoms with E-state index in [-0.39, 0.29) is 16.2 Å². The van der Waals surface area contributed by atoms with Gasteiger partial charge in [-0.1, -0.05) is 152 Å². The van der Waals surface area contributed by atoms with Gasteiger partial charge in [0.15, 0.2) is 0 Å². The highest BCUT2D eigenvalue weighted by atomic mass is 16.3. The van der Waals surface area contributed by atoms with Gasteiger partial charge in [-0.2, -0.15) is 0 Å². The van der Waals surface area contributed by atoms with Crippen molar-refractivity contribution in [1.82, 2.24) is 0 Å². The zero-order chi connectivity index (χ0) is 41.6. The normalized spacial score (nSPS) is 14.7. The summed E-state index contributed by atoms with van der Waals surface area (Å²) in [6.07, 6.45) is 0. The SMILES string of the molecule is CC(C)(C)c1cccc2oc3c4c(ccc3c12)-c1ccc(N(c2ccc(-c3cccc5c3oc3ccccc35)cc2)c2ccc3c(c2)C(C)(C)c2ccccc2-3)cc1C4(C)C. The van der Waals surface area contributed by atoms with Crippen molar-refractivity contribution in [1.29, 1.82) is 0 Å². The molecule has 0 atom stereocenters. The molecule has 0 unspecified atom stereocenters. The van der Waals surface area contributed by atoms with Crippen molar-refractivity contribution in [2.45, 2.75) is 64.7 Å². The number of nitrogens with zero attached hydrogens (tertiary/aromatic N) is 1. The lowest BCUT2D eigenvalue weighted by molar-refractivity contribution is 0.594. The molecule has 0 N–H and O–H groups in total. The highest BCUT2D eigenvalue weighted by Crippen LogP contribution is 2.56. The number of para-hydroxylation sites is 2. The van der Waals surface area contributed by atoms with E-state index in [0.717, 1.165) is 61.3 Å². The van der Waals surface area contributed by atoms with Gasteiger partial charge in [0, 0.05) is 60.6 Å². The van der Waals surface area contributed by atoms with Crippen molar-refractivity contribution >= 4 is 60.9 Å². The molecule has 0 saturated heterocycles. The largest absolute Gasteiger partial charge is 0.456 e. The zero-order valence-electron chi connectivity index (χ0n) is 35.8. The minimum absolute atomic E-state index is 0.0132. The number of benzene rings is 8. The van der Waals surface area contributed by atoms with Gasteiger partial charge < -0.3 is 13.7 Å². The van der Waals surface area contributed by atoms with E-state index >= 15 is 0 Å². The second-order valence-corrected chi connectivity index (χ2v) is 19.3. The quantitative estimate of drug-likeness (QED) is 0.178. The Hall–Kier alpha value is -6.84. The zero-order valence-corrected chi connectivity index (χ0v) is 35.8. The van der Waals surface area contributed by atoms with Gasteiger partial charge in [0.25, 0.3) is 0 Å². The van der Waals surface area contributed by atoms with Gasteiger partial charge in [0.05, 0.1) is 0 Å². The van der Waals surface area contributed by atoms with Crippen LogP contribution in [0.2, 0.25) is 0 Å². The minimum atomic E-state index is -0.307. The molecule has 3 heteroatoms. The van der Waals surface area contributed by atoms with Crippen LogP contribution in [0.4, 0.5) is 17.1 Å². The lowest BCUT2D eigenvalue weighted by Crippen LogP contribution is -2.18. The predicted molar refractivity (Wildman–Crippen MR) is 255 cm³/mol. The number of furan rings is 2. The number of anilines is 3. The number of hydrogen-bond acceptors (Lipinski definition) is 3. The Bertz CT molecular complexity index is 3460. The fraction of sp³-hybridized carbons (Fsp3) is 0.172. The van der Waals surface area contributed by atoms with E-state index in [2.05, 4.69) is 205 Å². The molecule has 0 saturated carbocycles. The Morgan fingerprint density at radius 3 is 1.77 bits per heavy atom. The first-order chi connectivity index (χ1) is 29.4. The first kappa shape index (κ1) is 36.0. The van der Waals surface area contributed by atoms with Crippen molar-refractivity contribution in [3.8, 4) is 33.4 Å². The average molecular weight is 790 g/mol. The van der Waals surface area contributed by atoms with E-state index in [9.17, 15) is 0 Å². The van der Waals surface area contributed by atoms with E-state index in [1.807, 2.05) is 6.07 Å². The smallest absolute Gasteiger partial charge is 0.143 e. The maximum absolute atomic E-state index is 6.88. The molecule has 296 valence electrons. The molecular weight excluding hydrogens is 743 g/mol. The molecule has 2 heterocycles. The summed E-state index contributed by atoms with van der Waals surface area (Å²) in [7, 11) is 0. The molecular formula is C58H47NO2. The molecule has 2 aliphatic rings. The van der Waals surface area contributed by atoms with Crippen molar-refractivity contribution < 1.29 is 8.83 Å². The van der Waals surface area contributed by atoms with E-state index in [4.69, 9.17) is 8.83 Å². The van der Waals surface area contributed by atoms with E-state index in [0.29, 0.717) is 0 Å². The Labute approximate surface area is 356 Å². The molecule has 0 spiro atoms. The predicted octanol–water partition coefficient (Wildman–Crippen LogP) is 16.5. The van der Waals surface area contributed by atoms with Crippen LogP contribution in [-0.4, -0.2) is 0 Å². The van der Waals surface area contributed by atoms with Crippen LogP contribution in [0.1, 0.15) is 76.3 Å². The van der Waals surface area contributed by atoms with Crippen LogP contribution in [0.15, 0.2) is 167 Å². The summed E-state index contributed by atoms with van der Waals surface area (Å²) in [5, 5.41) is 4.70. The summed E-state index contributed by atoms with van der Waals surface area (Å²) < 4.78 is 13.4. The van der Waals surface area contributed by atoms with Gasteiger partial charge in [-0.25, -0.2) is 0 Å².